The third-order valence-electron chi connectivity index (χ3n) is 5.91. The molecule has 0 saturated heterocycles. The molecule has 0 aromatic heterocycles. The van der Waals surface area contributed by atoms with Gasteiger partial charge in [-0.15, -0.1) is 0 Å². The summed E-state index contributed by atoms with van der Waals surface area (Å²) in [6.07, 6.45) is 4.22. The SMILES string of the molecule is CCc1ccc(Nc2ccc(CCc3ccc(Nc4ccc(CC)cc4)cc3)cc2)cc1. The fraction of sp³-hybridized carbons (Fsp3) is 0.200. The molecule has 0 aliphatic rings. The summed E-state index contributed by atoms with van der Waals surface area (Å²) in [5, 5.41) is 6.96. The Morgan fingerprint density at radius 3 is 0.875 bits per heavy atom. The van der Waals surface area contributed by atoms with Crippen molar-refractivity contribution in [3.05, 3.63) is 119 Å². The first-order chi connectivity index (χ1) is 15.7. The summed E-state index contributed by atoms with van der Waals surface area (Å²) in [5.41, 5.74) is 9.95. The second-order valence-electron chi connectivity index (χ2n) is 8.24. The Bertz CT molecular complexity index is 1000. The normalized spacial score (nSPS) is 10.7. The standard InChI is InChI=1S/C30H32N2/c1-3-23-7-15-27(16-8-23)31-29-19-11-25(12-20-29)5-6-26-13-21-30(22-14-26)32-28-17-9-24(4-2)10-18-28/h7-22,31-32H,3-6H2,1-2H3. The number of anilines is 4. The third kappa shape index (κ3) is 6.01. The monoisotopic (exact) mass is 420 g/mol. The van der Waals surface area contributed by atoms with Gasteiger partial charge in [0.05, 0.1) is 0 Å². The minimum atomic E-state index is 1.04. The van der Waals surface area contributed by atoms with E-state index in [9.17, 15) is 0 Å². The Labute approximate surface area is 192 Å². The largest absolute Gasteiger partial charge is 0.356 e. The number of aryl methyl sites for hydroxylation is 4. The van der Waals surface area contributed by atoms with E-state index in [0.29, 0.717) is 0 Å². The van der Waals surface area contributed by atoms with Crippen LogP contribution in [-0.4, -0.2) is 0 Å². The molecule has 0 saturated carbocycles. The molecular formula is C30H32N2. The maximum Gasteiger partial charge on any atom is 0.0384 e. The maximum absolute atomic E-state index is 3.48. The first-order valence-corrected chi connectivity index (χ1v) is 11.6. The van der Waals surface area contributed by atoms with Gasteiger partial charge in [-0.2, -0.15) is 0 Å². The third-order valence-corrected chi connectivity index (χ3v) is 5.91. The first-order valence-electron chi connectivity index (χ1n) is 11.6. The van der Waals surface area contributed by atoms with E-state index >= 15 is 0 Å². The molecule has 32 heavy (non-hydrogen) atoms. The second-order valence-corrected chi connectivity index (χ2v) is 8.24. The Morgan fingerprint density at radius 1 is 0.375 bits per heavy atom. The van der Waals surface area contributed by atoms with Gasteiger partial charge >= 0.3 is 0 Å². The van der Waals surface area contributed by atoms with Crippen LogP contribution in [0.15, 0.2) is 97.1 Å². The van der Waals surface area contributed by atoms with Gasteiger partial charge in [-0.1, -0.05) is 62.4 Å². The average Bonchev–Trinajstić information content (AvgIpc) is 2.85. The zero-order chi connectivity index (χ0) is 22.2. The van der Waals surface area contributed by atoms with E-state index in [1.54, 1.807) is 0 Å². The second kappa shape index (κ2) is 10.7. The van der Waals surface area contributed by atoms with Crippen LogP contribution >= 0.6 is 0 Å². The van der Waals surface area contributed by atoms with Crippen LogP contribution in [0.5, 0.6) is 0 Å². The highest BCUT2D eigenvalue weighted by molar-refractivity contribution is 5.61. The van der Waals surface area contributed by atoms with Crippen LogP contribution in [0, 0.1) is 0 Å². The summed E-state index contributed by atoms with van der Waals surface area (Å²) < 4.78 is 0. The van der Waals surface area contributed by atoms with E-state index in [1.165, 1.54) is 22.3 Å². The lowest BCUT2D eigenvalue weighted by Crippen LogP contribution is -1.95. The molecular weight excluding hydrogens is 388 g/mol. The highest BCUT2D eigenvalue weighted by Crippen LogP contribution is 2.21. The molecule has 4 aromatic carbocycles. The zero-order valence-corrected chi connectivity index (χ0v) is 19.1. The number of nitrogens with one attached hydrogen (secondary N) is 2. The summed E-state index contributed by atoms with van der Waals surface area (Å²) in [5.74, 6) is 0. The molecule has 2 N–H and O–H groups in total. The number of rotatable bonds is 9. The summed E-state index contributed by atoms with van der Waals surface area (Å²) in [7, 11) is 0. The van der Waals surface area contributed by atoms with Crippen LogP contribution in [0.4, 0.5) is 22.7 Å². The van der Waals surface area contributed by atoms with E-state index in [1.807, 2.05) is 0 Å². The summed E-state index contributed by atoms with van der Waals surface area (Å²) >= 11 is 0. The van der Waals surface area contributed by atoms with Crippen molar-refractivity contribution in [3.8, 4) is 0 Å². The van der Waals surface area contributed by atoms with Gasteiger partial charge in [0.15, 0.2) is 0 Å². The van der Waals surface area contributed by atoms with E-state index < -0.39 is 0 Å². The van der Waals surface area contributed by atoms with Crippen LogP contribution < -0.4 is 10.6 Å². The average molecular weight is 421 g/mol. The minimum Gasteiger partial charge on any atom is -0.356 e. The first kappa shape index (κ1) is 21.7. The summed E-state index contributed by atoms with van der Waals surface area (Å²) in [6.45, 7) is 4.36. The highest BCUT2D eigenvalue weighted by Gasteiger charge is 2.00. The fourth-order valence-corrected chi connectivity index (χ4v) is 3.78. The van der Waals surface area contributed by atoms with Gasteiger partial charge in [-0.25, -0.2) is 0 Å². The Balaban J connectivity index is 1.28. The lowest BCUT2D eigenvalue weighted by atomic mass is 10.0. The van der Waals surface area contributed by atoms with Gasteiger partial charge < -0.3 is 10.6 Å². The van der Waals surface area contributed by atoms with Crippen molar-refractivity contribution < 1.29 is 0 Å². The predicted octanol–water partition coefficient (Wildman–Crippen LogP) is 8.08. The molecule has 0 bridgehead atoms. The van der Waals surface area contributed by atoms with Crippen molar-refractivity contribution in [1.29, 1.82) is 0 Å². The van der Waals surface area contributed by atoms with Crippen molar-refractivity contribution in [2.45, 2.75) is 39.5 Å². The summed E-state index contributed by atoms with van der Waals surface area (Å²) in [4.78, 5) is 0. The molecule has 0 aliphatic carbocycles. The highest BCUT2D eigenvalue weighted by atomic mass is 14.9. The lowest BCUT2D eigenvalue weighted by molar-refractivity contribution is 0.961. The fourth-order valence-electron chi connectivity index (χ4n) is 3.78. The molecule has 4 aromatic rings. The maximum atomic E-state index is 3.48. The van der Waals surface area contributed by atoms with Crippen LogP contribution in [0.1, 0.15) is 36.1 Å². The summed E-state index contributed by atoms with van der Waals surface area (Å²) in [6, 6.07) is 34.8. The van der Waals surface area contributed by atoms with E-state index in [-0.39, 0.29) is 0 Å². The van der Waals surface area contributed by atoms with Crippen molar-refractivity contribution >= 4 is 22.7 Å². The van der Waals surface area contributed by atoms with Gasteiger partial charge in [-0.3, -0.25) is 0 Å². The Morgan fingerprint density at radius 2 is 0.625 bits per heavy atom. The smallest absolute Gasteiger partial charge is 0.0384 e. The molecule has 0 spiro atoms. The molecule has 0 fully saturated rings. The van der Waals surface area contributed by atoms with E-state index in [2.05, 4.69) is 122 Å². The van der Waals surface area contributed by atoms with Gasteiger partial charge in [0, 0.05) is 22.7 Å². The van der Waals surface area contributed by atoms with E-state index in [0.717, 1.165) is 48.4 Å². The molecule has 4 rings (SSSR count). The van der Waals surface area contributed by atoms with Crippen LogP contribution in [0.2, 0.25) is 0 Å². The van der Waals surface area contributed by atoms with E-state index in [4.69, 9.17) is 0 Å². The number of benzene rings is 4. The molecule has 0 radical (unpaired) electrons. The molecule has 2 heteroatoms. The molecule has 0 atom stereocenters. The van der Waals surface area contributed by atoms with Crippen LogP contribution in [-0.2, 0) is 25.7 Å². The number of hydrogen-bond donors (Lipinski definition) is 2. The predicted molar refractivity (Wildman–Crippen MR) is 138 cm³/mol. The van der Waals surface area contributed by atoms with Crippen LogP contribution in [0.25, 0.3) is 0 Å². The Hall–Kier alpha value is -3.52. The molecule has 0 unspecified atom stereocenters. The lowest BCUT2D eigenvalue weighted by Gasteiger charge is -2.10. The van der Waals surface area contributed by atoms with Crippen LogP contribution in [0.3, 0.4) is 0 Å². The van der Waals surface area contributed by atoms with Gasteiger partial charge in [0.1, 0.15) is 0 Å². The number of hydrogen-bond acceptors (Lipinski definition) is 2. The molecule has 0 amide bonds. The molecule has 162 valence electrons. The minimum absolute atomic E-state index is 1.04. The van der Waals surface area contributed by atoms with Gasteiger partial charge in [-0.05, 0) is 96.5 Å². The van der Waals surface area contributed by atoms with Gasteiger partial charge in [0.25, 0.3) is 0 Å². The van der Waals surface area contributed by atoms with Gasteiger partial charge in [0.2, 0.25) is 0 Å². The van der Waals surface area contributed by atoms with Crippen molar-refractivity contribution in [2.24, 2.45) is 0 Å². The molecule has 0 heterocycles. The molecule has 2 nitrogen and oxygen atoms in total. The quantitative estimate of drug-likeness (QED) is 0.286. The topological polar surface area (TPSA) is 24.1 Å². The Kier molecular flexibility index (Phi) is 7.24. The van der Waals surface area contributed by atoms with Crippen molar-refractivity contribution in [1.82, 2.24) is 0 Å². The zero-order valence-electron chi connectivity index (χ0n) is 19.1. The van der Waals surface area contributed by atoms with Crippen molar-refractivity contribution in [3.63, 3.8) is 0 Å². The molecule has 0 aliphatic heterocycles. The van der Waals surface area contributed by atoms with Crippen molar-refractivity contribution in [2.75, 3.05) is 10.6 Å².